The molecule has 1 unspecified atom stereocenters. The minimum absolute atomic E-state index is 0.142. The van der Waals surface area contributed by atoms with Gasteiger partial charge in [0.2, 0.25) is 0 Å². The zero-order valence-electron chi connectivity index (χ0n) is 15.7. The second kappa shape index (κ2) is 7.53. The van der Waals surface area contributed by atoms with Gasteiger partial charge in [0, 0.05) is 31.7 Å². The van der Waals surface area contributed by atoms with E-state index in [4.69, 9.17) is 4.74 Å². The fraction of sp³-hybridized carbons (Fsp3) is 0.650. The first-order chi connectivity index (χ1) is 12.4. The van der Waals surface area contributed by atoms with Gasteiger partial charge in [-0.2, -0.15) is 0 Å². The van der Waals surface area contributed by atoms with E-state index in [1.165, 1.54) is 26.0 Å². The number of hydrogen-bond donors (Lipinski definition) is 2. The highest BCUT2D eigenvalue weighted by Crippen LogP contribution is 2.47. The van der Waals surface area contributed by atoms with Crippen molar-refractivity contribution in [3.63, 3.8) is 0 Å². The molecule has 1 atom stereocenters. The molecule has 2 fully saturated rings. The quantitative estimate of drug-likeness (QED) is 0.744. The zero-order valence-corrected chi connectivity index (χ0v) is 15.7. The number of ether oxygens (including phenoxy) is 1. The predicted octanol–water partition coefficient (Wildman–Crippen LogP) is 2.47. The second-order valence-electron chi connectivity index (χ2n) is 7.78. The van der Waals surface area contributed by atoms with Crippen LogP contribution in [0.1, 0.15) is 44.6 Å². The van der Waals surface area contributed by atoms with Crippen molar-refractivity contribution in [2.24, 2.45) is 5.41 Å². The number of halogens is 1. The average molecular weight is 364 g/mol. The summed E-state index contributed by atoms with van der Waals surface area (Å²) in [5.41, 5.74) is -0.646. The SMILES string of the molecule is CCC1(CNCC2(O)CCCN(Cc3cc(OC)ccc3F)C2=O)CC1. The minimum atomic E-state index is -1.41. The van der Waals surface area contributed by atoms with E-state index in [0.717, 1.165) is 13.0 Å². The minimum Gasteiger partial charge on any atom is -0.497 e. The number of hydrogen-bond acceptors (Lipinski definition) is 4. The highest BCUT2D eigenvalue weighted by atomic mass is 19.1. The monoisotopic (exact) mass is 364 g/mol. The number of nitrogens with one attached hydrogen (secondary N) is 1. The van der Waals surface area contributed by atoms with Crippen molar-refractivity contribution in [2.45, 2.75) is 51.2 Å². The van der Waals surface area contributed by atoms with Crippen LogP contribution < -0.4 is 10.1 Å². The molecule has 1 aliphatic heterocycles. The number of methoxy groups -OCH3 is 1. The number of carbonyl (C=O) groups excluding carboxylic acids is 1. The molecular formula is C20H29FN2O3. The maximum atomic E-state index is 14.1. The number of carbonyl (C=O) groups is 1. The molecular weight excluding hydrogens is 335 g/mol. The predicted molar refractivity (Wildman–Crippen MR) is 97.4 cm³/mol. The third-order valence-electron chi connectivity index (χ3n) is 5.94. The van der Waals surface area contributed by atoms with Crippen LogP contribution in [0.3, 0.4) is 0 Å². The molecule has 3 rings (SSSR count). The maximum Gasteiger partial charge on any atom is 0.256 e. The molecule has 1 amide bonds. The molecule has 1 aromatic carbocycles. The van der Waals surface area contributed by atoms with Gasteiger partial charge in [-0.25, -0.2) is 4.39 Å². The zero-order chi connectivity index (χ0) is 18.8. The molecule has 0 radical (unpaired) electrons. The first-order valence-corrected chi connectivity index (χ1v) is 9.46. The van der Waals surface area contributed by atoms with Crippen LogP contribution in [0.25, 0.3) is 0 Å². The van der Waals surface area contributed by atoms with Crippen LogP contribution in [0.15, 0.2) is 18.2 Å². The molecule has 5 nitrogen and oxygen atoms in total. The van der Waals surface area contributed by atoms with Crippen molar-refractivity contribution in [3.05, 3.63) is 29.6 Å². The number of piperidine rings is 1. The number of nitrogens with zero attached hydrogens (tertiary/aromatic N) is 1. The highest BCUT2D eigenvalue weighted by molar-refractivity contribution is 5.86. The van der Waals surface area contributed by atoms with E-state index < -0.39 is 5.60 Å². The normalized spacial score (nSPS) is 24.6. The summed E-state index contributed by atoms with van der Waals surface area (Å²) in [4.78, 5) is 14.4. The van der Waals surface area contributed by atoms with Crippen LogP contribution in [-0.4, -0.2) is 48.3 Å². The summed E-state index contributed by atoms with van der Waals surface area (Å²) in [5.74, 6) is -0.138. The van der Waals surface area contributed by atoms with Crippen LogP contribution in [0.5, 0.6) is 5.75 Å². The first-order valence-electron chi connectivity index (χ1n) is 9.46. The van der Waals surface area contributed by atoms with Crippen molar-refractivity contribution < 1.29 is 19.0 Å². The number of aliphatic hydroxyl groups is 1. The van der Waals surface area contributed by atoms with Crippen LogP contribution in [0.4, 0.5) is 4.39 Å². The van der Waals surface area contributed by atoms with Gasteiger partial charge in [-0.15, -0.1) is 0 Å². The van der Waals surface area contributed by atoms with E-state index >= 15 is 0 Å². The van der Waals surface area contributed by atoms with Crippen molar-refractivity contribution in [3.8, 4) is 5.75 Å². The number of benzene rings is 1. The molecule has 1 saturated carbocycles. The summed E-state index contributed by atoms with van der Waals surface area (Å²) < 4.78 is 19.2. The summed E-state index contributed by atoms with van der Waals surface area (Å²) in [5, 5.41) is 14.2. The summed E-state index contributed by atoms with van der Waals surface area (Å²) in [6.45, 7) is 3.94. The molecule has 2 aliphatic rings. The molecule has 6 heteroatoms. The van der Waals surface area contributed by atoms with Gasteiger partial charge in [0.15, 0.2) is 5.60 Å². The van der Waals surface area contributed by atoms with E-state index in [1.807, 2.05) is 0 Å². The number of rotatable bonds is 8. The number of amides is 1. The standard InChI is InChI=1S/C20H29FN2O3/c1-3-19(8-9-19)13-22-14-20(25)7-4-10-23(18(20)24)12-15-11-16(26-2)5-6-17(15)21/h5-6,11,22,25H,3-4,7-10,12-14H2,1-2H3. The largest absolute Gasteiger partial charge is 0.497 e. The summed E-state index contributed by atoms with van der Waals surface area (Å²) >= 11 is 0. The molecule has 1 aliphatic carbocycles. The van der Waals surface area contributed by atoms with Gasteiger partial charge in [-0.1, -0.05) is 6.92 Å². The van der Waals surface area contributed by atoms with Crippen molar-refractivity contribution in [2.75, 3.05) is 26.7 Å². The molecule has 0 aromatic heterocycles. The molecule has 0 bridgehead atoms. The Morgan fingerprint density at radius 2 is 2.08 bits per heavy atom. The fourth-order valence-electron chi connectivity index (χ4n) is 3.75. The van der Waals surface area contributed by atoms with Gasteiger partial charge < -0.3 is 20.1 Å². The van der Waals surface area contributed by atoms with E-state index in [9.17, 15) is 14.3 Å². The molecule has 1 saturated heterocycles. The lowest BCUT2D eigenvalue weighted by molar-refractivity contribution is -0.157. The van der Waals surface area contributed by atoms with Gasteiger partial charge in [0.1, 0.15) is 11.6 Å². The Bertz CT molecular complexity index is 662. The third-order valence-corrected chi connectivity index (χ3v) is 5.94. The lowest BCUT2D eigenvalue weighted by atomic mass is 9.91. The molecule has 26 heavy (non-hydrogen) atoms. The Labute approximate surface area is 154 Å². The Hall–Kier alpha value is -1.66. The number of likely N-dealkylation sites (tertiary alicyclic amines) is 1. The van der Waals surface area contributed by atoms with Gasteiger partial charge in [0.25, 0.3) is 5.91 Å². The van der Waals surface area contributed by atoms with Gasteiger partial charge >= 0.3 is 0 Å². The Morgan fingerprint density at radius 3 is 2.73 bits per heavy atom. The fourth-order valence-corrected chi connectivity index (χ4v) is 3.75. The van der Waals surface area contributed by atoms with E-state index in [2.05, 4.69) is 12.2 Å². The topological polar surface area (TPSA) is 61.8 Å². The van der Waals surface area contributed by atoms with Crippen LogP contribution >= 0.6 is 0 Å². The lowest BCUT2D eigenvalue weighted by Gasteiger charge is -2.38. The summed E-state index contributed by atoms with van der Waals surface area (Å²) in [7, 11) is 1.52. The molecule has 2 N–H and O–H groups in total. The summed E-state index contributed by atoms with van der Waals surface area (Å²) in [6.07, 6.45) is 4.69. The Morgan fingerprint density at radius 1 is 1.31 bits per heavy atom. The van der Waals surface area contributed by atoms with Crippen LogP contribution in [-0.2, 0) is 11.3 Å². The first kappa shape index (κ1) is 19.1. The second-order valence-corrected chi connectivity index (χ2v) is 7.78. The third kappa shape index (κ3) is 4.01. The molecule has 1 aromatic rings. The van der Waals surface area contributed by atoms with E-state index in [-0.39, 0.29) is 24.8 Å². The smallest absolute Gasteiger partial charge is 0.256 e. The van der Waals surface area contributed by atoms with Crippen molar-refractivity contribution in [1.29, 1.82) is 0 Å². The highest BCUT2D eigenvalue weighted by Gasteiger charge is 2.44. The molecule has 144 valence electrons. The van der Waals surface area contributed by atoms with Crippen molar-refractivity contribution in [1.82, 2.24) is 10.2 Å². The Kier molecular flexibility index (Phi) is 5.53. The van der Waals surface area contributed by atoms with Gasteiger partial charge in [-0.3, -0.25) is 4.79 Å². The van der Waals surface area contributed by atoms with Crippen molar-refractivity contribution >= 4 is 5.91 Å². The van der Waals surface area contributed by atoms with E-state index in [1.54, 1.807) is 17.0 Å². The summed E-state index contributed by atoms with van der Waals surface area (Å²) in [6, 6.07) is 4.50. The average Bonchev–Trinajstić information content (AvgIpc) is 3.41. The van der Waals surface area contributed by atoms with Crippen LogP contribution in [0.2, 0.25) is 0 Å². The van der Waals surface area contributed by atoms with Gasteiger partial charge in [0.05, 0.1) is 7.11 Å². The van der Waals surface area contributed by atoms with Gasteiger partial charge in [-0.05, 0) is 55.7 Å². The molecule has 1 heterocycles. The molecule has 0 spiro atoms. The Balaban J connectivity index is 1.63. The maximum absolute atomic E-state index is 14.1. The lowest BCUT2D eigenvalue weighted by Crippen LogP contribution is -2.58. The van der Waals surface area contributed by atoms with E-state index in [0.29, 0.717) is 36.1 Å². The van der Waals surface area contributed by atoms with Crippen LogP contribution in [0, 0.1) is 11.2 Å².